The molecule has 2 aromatic rings. The minimum atomic E-state index is 0.644. The van der Waals surface area contributed by atoms with Gasteiger partial charge in [0.25, 0.3) is 0 Å². The van der Waals surface area contributed by atoms with Crippen molar-refractivity contribution >= 4 is 11.1 Å². The standard InChI is InChI=1S/C22H28N4/c1-15-12-18(17-8-6-4-3-5-7-9-17)20-14-23-26-22(20)19(13-15)21-11-10-16(2)24-25-21/h10-12,14,17,26H,3-9,13H2,1-2H3. The van der Waals surface area contributed by atoms with E-state index >= 15 is 0 Å². The summed E-state index contributed by atoms with van der Waals surface area (Å²) in [6.45, 7) is 4.21. The fraction of sp³-hybridized carbons (Fsp3) is 0.500. The van der Waals surface area contributed by atoms with Crippen LogP contribution in [0.15, 0.2) is 30.0 Å². The van der Waals surface area contributed by atoms with E-state index in [1.165, 1.54) is 66.9 Å². The summed E-state index contributed by atoms with van der Waals surface area (Å²) in [5, 5.41) is 18.8. The molecule has 2 aromatic heterocycles. The largest absolute Gasteiger partial charge is 0.277 e. The lowest BCUT2D eigenvalue weighted by Crippen LogP contribution is -2.29. The third-order valence-corrected chi connectivity index (χ3v) is 5.76. The molecule has 4 rings (SSSR count). The van der Waals surface area contributed by atoms with Crippen LogP contribution in [-0.2, 0) is 0 Å². The molecular formula is C22H28N4. The van der Waals surface area contributed by atoms with Crippen molar-refractivity contribution in [1.82, 2.24) is 20.4 Å². The molecule has 0 amide bonds. The fourth-order valence-electron chi connectivity index (χ4n) is 4.38. The molecular weight excluding hydrogens is 320 g/mol. The van der Waals surface area contributed by atoms with Crippen molar-refractivity contribution in [3.05, 3.63) is 51.9 Å². The summed E-state index contributed by atoms with van der Waals surface area (Å²) in [4.78, 5) is 0. The van der Waals surface area contributed by atoms with Crippen LogP contribution in [0.1, 0.15) is 69.7 Å². The van der Waals surface area contributed by atoms with E-state index in [4.69, 9.17) is 0 Å². The number of rotatable bonds is 2. The Bertz CT molecular complexity index is 910. The zero-order valence-electron chi connectivity index (χ0n) is 15.9. The minimum Gasteiger partial charge on any atom is -0.277 e. The zero-order valence-corrected chi connectivity index (χ0v) is 15.9. The molecule has 0 unspecified atom stereocenters. The minimum absolute atomic E-state index is 0.644. The van der Waals surface area contributed by atoms with Crippen LogP contribution in [0.2, 0.25) is 0 Å². The highest BCUT2D eigenvalue weighted by atomic mass is 15.1. The third-order valence-electron chi connectivity index (χ3n) is 5.76. The molecule has 2 heterocycles. The highest BCUT2D eigenvalue weighted by molar-refractivity contribution is 5.70. The first-order valence-corrected chi connectivity index (χ1v) is 9.97. The number of allylic oxidation sites excluding steroid dienone is 2. The maximum Gasteiger partial charge on any atom is 0.0914 e. The van der Waals surface area contributed by atoms with Crippen LogP contribution in [0.3, 0.4) is 0 Å². The summed E-state index contributed by atoms with van der Waals surface area (Å²) < 4.78 is 0. The van der Waals surface area contributed by atoms with Gasteiger partial charge in [0.1, 0.15) is 0 Å². The van der Waals surface area contributed by atoms with Crippen LogP contribution in [0, 0.1) is 12.8 Å². The number of hydrogen-bond donors (Lipinski definition) is 1. The smallest absolute Gasteiger partial charge is 0.0914 e. The van der Waals surface area contributed by atoms with Gasteiger partial charge in [0.15, 0.2) is 0 Å². The second-order valence-corrected chi connectivity index (χ2v) is 7.86. The van der Waals surface area contributed by atoms with Gasteiger partial charge >= 0.3 is 0 Å². The molecule has 0 atom stereocenters. The lowest BCUT2D eigenvalue weighted by Gasteiger charge is -2.21. The molecule has 1 saturated carbocycles. The van der Waals surface area contributed by atoms with Crippen molar-refractivity contribution in [2.45, 2.75) is 65.2 Å². The van der Waals surface area contributed by atoms with Crippen molar-refractivity contribution in [1.29, 1.82) is 0 Å². The highest BCUT2D eigenvalue weighted by Gasteiger charge is 2.20. The van der Waals surface area contributed by atoms with Crippen molar-refractivity contribution in [2.75, 3.05) is 0 Å². The molecule has 0 aliphatic heterocycles. The first-order valence-electron chi connectivity index (χ1n) is 9.97. The highest BCUT2D eigenvalue weighted by Crippen LogP contribution is 2.31. The molecule has 0 bridgehead atoms. The maximum atomic E-state index is 4.45. The monoisotopic (exact) mass is 348 g/mol. The van der Waals surface area contributed by atoms with Crippen LogP contribution >= 0.6 is 0 Å². The molecule has 0 spiro atoms. The first kappa shape index (κ1) is 17.2. The Labute approximate surface area is 155 Å². The Hall–Kier alpha value is -2.23. The van der Waals surface area contributed by atoms with Crippen molar-refractivity contribution in [2.24, 2.45) is 5.92 Å². The number of nitrogens with one attached hydrogen (secondary N) is 1. The van der Waals surface area contributed by atoms with Gasteiger partial charge in [0.2, 0.25) is 0 Å². The number of fused-ring (bicyclic) bond motifs is 1. The fourth-order valence-corrected chi connectivity index (χ4v) is 4.38. The molecule has 0 radical (unpaired) electrons. The average Bonchev–Trinajstić information content (AvgIpc) is 3.03. The molecule has 1 N–H and O–H groups in total. The van der Waals surface area contributed by atoms with E-state index in [9.17, 15) is 0 Å². The SMILES string of the molecule is CC1=CC(C2CCCCCCC2)=c2cn[nH]c2=C(c2ccc(C)nn2)C1. The van der Waals surface area contributed by atoms with Crippen molar-refractivity contribution in [3.63, 3.8) is 0 Å². The summed E-state index contributed by atoms with van der Waals surface area (Å²) in [5.41, 5.74) is 5.97. The third kappa shape index (κ3) is 3.50. The predicted molar refractivity (Wildman–Crippen MR) is 105 cm³/mol. The number of aryl methyl sites for hydroxylation is 1. The first-order chi connectivity index (χ1) is 12.7. The van der Waals surface area contributed by atoms with Gasteiger partial charge in [0.05, 0.1) is 22.9 Å². The molecule has 26 heavy (non-hydrogen) atoms. The van der Waals surface area contributed by atoms with Crippen LogP contribution < -0.4 is 10.6 Å². The van der Waals surface area contributed by atoms with Crippen molar-refractivity contribution in [3.8, 4) is 0 Å². The van der Waals surface area contributed by atoms with E-state index in [1.54, 1.807) is 0 Å². The Morgan fingerprint density at radius 1 is 0.962 bits per heavy atom. The van der Waals surface area contributed by atoms with E-state index in [2.05, 4.69) is 39.5 Å². The molecule has 2 aliphatic carbocycles. The Morgan fingerprint density at radius 2 is 1.73 bits per heavy atom. The summed E-state index contributed by atoms with van der Waals surface area (Å²) in [6, 6.07) is 4.12. The summed E-state index contributed by atoms with van der Waals surface area (Å²) in [5.74, 6) is 0.644. The summed E-state index contributed by atoms with van der Waals surface area (Å²) in [6.07, 6.45) is 14.8. The van der Waals surface area contributed by atoms with E-state index in [1.807, 2.05) is 19.2 Å². The molecule has 4 nitrogen and oxygen atoms in total. The molecule has 4 heteroatoms. The second kappa shape index (κ2) is 7.56. The molecule has 2 aliphatic rings. The Balaban J connectivity index is 1.88. The van der Waals surface area contributed by atoms with E-state index < -0.39 is 0 Å². The van der Waals surface area contributed by atoms with Gasteiger partial charge in [-0.1, -0.05) is 43.8 Å². The van der Waals surface area contributed by atoms with Crippen molar-refractivity contribution < 1.29 is 0 Å². The van der Waals surface area contributed by atoms with E-state index in [0.717, 1.165) is 23.2 Å². The number of hydrogen-bond acceptors (Lipinski definition) is 3. The normalized spacial score (nSPS) is 19.4. The Morgan fingerprint density at radius 3 is 2.46 bits per heavy atom. The van der Waals surface area contributed by atoms with Gasteiger partial charge in [-0.15, -0.1) is 0 Å². The summed E-state index contributed by atoms with van der Waals surface area (Å²) >= 11 is 0. The van der Waals surface area contributed by atoms with Gasteiger partial charge < -0.3 is 0 Å². The van der Waals surface area contributed by atoms with E-state index in [-0.39, 0.29) is 0 Å². The van der Waals surface area contributed by atoms with Gasteiger partial charge in [-0.3, -0.25) is 5.10 Å². The number of aromatic amines is 1. The molecule has 0 saturated heterocycles. The number of aromatic nitrogens is 4. The maximum absolute atomic E-state index is 4.45. The van der Waals surface area contributed by atoms with E-state index in [0.29, 0.717) is 5.92 Å². The van der Waals surface area contributed by atoms with Crippen LogP contribution in [0.5, 0.6) is 0 Å². The molecule has 1 fully saturated rings. The van der Waals surface area contributed by atoms with Crippen LogP contribution in [0.25, 0.3) is 11.1 Å². The summed E-state index contributed by atoms with van der Waals surface area (Å²) in [7, 11) is 0. The Kier molecular flexibility index (Phi) is 5.00. The lowest BCUT2D eigenvalue weighted by atomic mass is 9.84. The molecule has 136 valence electrons. The van der Waals surface area contributed by atoms with Gasteiger partial charge in [-0.2, -0.15) is 15.3 Å². The topological polar surface area (TPSA) is 54.5 Å². The number of nitrogens with zero attached hydrogens (tertiary/aromatic N) is 3. The van der Waals surface area contributed by atoms with Gasteiger partial charge in [0, 0.05) is 10.8 Å². The number of H-pyrrole nitrogens is 1. The van der Waals surface area contributed by atoms with Gasteiger partial charge in [-0.05, 0) is 56.7 Å². The average molecular weight is 348 g/mol. The second-order valence-electron chi connectivity index (χ2n) is 7.86. The molecule has 0 aromatic carbocycles. The van der Waals surface area contributed by atoms with Crippen LogP contribution in [-0.4, -0.2) is 20.4 Å². The lowest BCUT2D eigenvalue weighted by molar-refractivity contribution is 0.443. The predicted octanol–water partition coefficient (Wildman–Crippen LogP) is 3.57. The van der Waals surface area contributed by atoms with Crippen LogP contribution in [0.4, 0.5) is 0 Å². The zero-order chi connectivity index (χ0) is 17.9. The quantitative estimate of drug-likeness (QED) is 0.903. The van der Waals surface area contributed by atoms with Gasteiger partial charge in [-0.25, -0.2) is 0 Å².